The zero-order valence-electron chi connectivity index (χ0n) is 15.3. The number of esters is 1. The molecule has 2 rings (SSSR count). The highest BCUT2D eigenvalue weighted by Crippen LogP contribution is 2.15. The SMILES string of the molecule is COC(=O)C(N)(C#N)C(C)C.Nc1ccc(OCc2ccccc2)cc1. The second kappa shape index (κ2) is 10.1. The molecule has 0 bridgehead atoms. The molecular formula is C20H25N3O3. The van der Waals surface area contributed by atoms with Gasteiger partial charge in [0, 0.05) is 5.69 Å². The summed E-state index contributed by atoms with van der Waals surface area (Å²) < 4.78 is 9.97. The minimum absolute atomic E-state index is 0.250. The van der Waals surface area contributed by atoms with Crippen LogP contribution in [0.3, 0.4) is 0 Å². The summed E-state index contributed by atoms with van der Waals surface area (Å²) in [5.74, 6) is -0.0944. The number of hydrogen-bond donors (Lipinski definition) is 2. The van der Waals surface area contributed by atoms with Crippen LogP contribution in [-0.2, 0) is 16.1 Å². The van der Waals surface area contributed by atoms with Crippen LogP contribution in [0.5, 0.6) is 5.75 Å². The first-order valence-corrected chi connectivity index (χ1v) is 8.14. The number of carbonyl (C=O) groups excluding carboxylic acids is 1. The lowest BCUT2D eigenvalue weighted by molar-refractivity contribution is -0.146. The van der Waals surface area contributed by atoms with E-state index in [0.29, 0.717) is 6.61 Å². The van der Waals surface area contributed by atoms with Gasteiger partial charge in [-0.3, -0.25) is 0 Å². The van der Waals surface area contributed by atoms with E-state index in [4.69, 9.17) is 21.5 Å². The van der Waals surface area contributed by atoms with Crippen molar-refractivity contribution in [1.29, 1.82) is 5.26 Å². The number of carbonyl (C=O) groups is 1. The summed E-state index contributed by atoms with van der Waals surface area (Å²) in [6.45, 7) is 3.98. The second-order valence-electron chi connectivity index (χ2n) is 5.97. The average molecular weight is 355 g/mol. The number of benzene rings is 2. The minimum Gasteiger partial charge on any atom is -0.489 e. The second-order valence-corrected chi connectivity index (χ2v) is 5.97. The lowest BCUT2D eigenvalue weighted by Crippen LogP contribution is -2.51. The van der Waals surface area contributed by atoms with Crippen LogP contribution in [0.1, 0.15) is 19.4 Å². The van der Waals surface area contributed by atoms with Gasteiger partial charge in [0.05, 0.1) is 13.2 Å². The van der Waals surface area contributed by atoms with Crippen LogP contribution in [0.2, 0.25) is 0 Å². The van der Waals surface area contributed by atoms with Gasteiger partial charge >= 0.3 is 5.97 Å². The van der Waals surface area contributed by atoms with E-state index >= 15 is 0 Å². The third kappa shape index (κ3) is 6.11. The summed E-state index contributed by atoms with van der Waals surface area (Å²) >= 11 is 0. The Balaban J connectivity index is 0.000000276. The number of nitrogens with zero attached hydrogens (tertiary/aromatic N) is 1. The van der Waals surface area contributed by atoms with Crippen LogP contribution >= 0.6 is 0 Å². The van der Waals surface area contributed by atoms with Crippen LogP contribution in [0.15, 0.2) is 54.6 Å². The zero-order chi connectivity index (χ0) is 19.6. The van der Waals surface area contributed by atoms with Gasteiger partial charge in [-0.2, -0.15) is 5.26 Å². The Morgan fingerprint density at radius 2 is 1.73 bits per heavy atom. The molecule has 1 atom stereocenters. The molecule has 26 heavy (non-hydrogen) atoms. The first-order valence-electron chi connectivity index (χ1n) is 8.14. The van der Waals surface area contributed by atoms with Crippen molar-refractivity contribution in [2.75, 3.05) is 12.8 Å². The molecule has 0 aliphatic heterocycles. The van der Waals surface area contributed by atoms with Gasteiger partial charge in [0.1, 0.15) is 12.4 Å². The Hall–Kier alpha value is -3.04. The quantitative estimate of drug-likeness (QED) is 0.630. The number of hydrogen-bond acceptors (Lipinski definition) is 6. The molecule has 6 nitrogen and oxygen atoms in total. The Bertz CT molecular complexity index is 724. The van der Waals surface area contributed by atoms with Crippen molar-refractivity contribution in [1.82, 2.24) is 0 Å². The number of methoxy groups -OCH3 is 1. The third-order valence-corrected chi connectivity index (χ3v) is 3.75. The summed E-state index contributed by atoms with van der Waals surface area (Å²) in [4.78, 5) is 10.9. The Labute approximate surface area is 154 Å². The van der Waals surface area contributed by atoms with Gasteiger partial charge in [0.25, 0.3) is 0 Å². The molecule has 0 saturated carbocycles. The number of rotatable bonds is 5. The monoisotopic (exact) mass is 355 g/mol. The lowest BCUT2D eigenvalue weighted by Gasteiger charge is -2.21. The van der Waals surface area contributed by atoms with E-state index in [9.17, 15) is 4.79 Å². The van der Waals surface area contributed by atoms with Gasteiger partial charge in [0.15, 0.2) is 0 Å². The molecule has 0 spiro atoms. The molecule has 4 N–H and O–H groups in total. The molecule has 0 aromatic heterocycles. The van der Waals surface area contributed by atoms with Gasteiger partial charge in [-0.05, 0) is 35.7 Å². The minimum atomic E-state index is -1.51. The summed E-state index contributed by atoms with van der Waals surface area (Å²) in [7, 11) is 1.21. The molecule has 1 unspecified atom stereocenters. The zero-order valence-corrected chi connectivity index (χ0v) is 15.3. The maximum absolute atomic E-state index is 10.9. The van der Waals surface area contributed by atoms with E-state index in [1.165, 1.54) is 7.11 Å². The first kappa shape index (κ1) is 21.0. The van der Waals surface area contributed by atoms with E-state index in [2.05, 4.69) is 4.74 Å². The summed E-state index contributed by atoms with van der Waals surface area (Å²) in [6.07, 6.45) is 0. The van der Waals surface area contributed by atoms with Crippen molar-refractivity contribution >= 4 is 11.7 Å². The molecule has 2 aromatic rings. The van der Waals surface area contributed by atoms with Gasteiger partial charge in [-0.1, -0.05) is 44.2 Å². The predicted octanol–water partition coefficient (Wildman–Crippen LogP) is 2.88. The maximum Gasteiger partial charge on any atom is 0.340 e. The van der Waals surface area contributed by atoms with E-state index < -0.39 is 11.5 Å². The van der Waals surface area contributed by atoms with Crippen molar-refractivity contribution in [3.8, 4) is 11.8 Å². The Kier molecular flexibility index (Phi) is 8.13. The summed E-state index contributed by atoms with van der Waals surface area (Å²) in [6, 6.07) is 19.2. The maximum atomic E-state index is 10.9. The molecule has 0 saturated heterocycles. The highest BCUT2D eigenvalue weighted by molar-refractivity contribution is 5.84. The number of anilines is 1. The number of ether oxygens (including phenoxy) is 2. The van der Waals surface area contributed by atoms with Gasteiger partial charge in [-0.15, -0.1) is 0 Å². The largest absolute Gasteiger partial charge is 0.489 e. The molecule has 0 heterocycles. The van der Waals surface area contributed by atoms with Crippen molar-refractivity contribution in [2.24, 2.45) is 11.7 Å². The normalized spacial score (nSPS) is 12.2. The highest BCUT2D eigenvalue weighted by atomic mass is 16.5. The van der Waals surface area contributed by atoms with Crippen molar-refractivity contribution in [3.05, 3.63) is 60.2 Å². The highest BCUT2D eigenvalue weighted by Gasteiger charge is 2.38. The van der Waals surface area contributed by atoms with Crippen LogP contribution in [-0.4, -0.2) is 18.6 Å². The van der Waals surface area contributed by atoms with E-state index in [0.717, 1.165) is 17.0 Å². The molecule has 0 amide bonds. The molecule has 6 heteroatoms. The number of nitriles is 1. The van der Waals surface area contributed by atoms with Crippen LogP contribution in [0, 0.1) is 17.2 Å². The smallest absolute Gasteiger partial charge is 0.340 e. The fourth-order valence-electron chi connectivity index (χ4n) is 1.88. The Morgan fingerprint density at radius 1 is 1.15 bits per heavy atom. The molecule has 0 aliphatic rings. The van der Waals surface area contributed by atoms with Crippen molar-refractivity contribution < 1.29 is 14.3 Å². The van der Waals surface area contributed by atoms with E-state index in [-0.39, 0.29) is 5.92 Å². The fourth-order valence-corrected chi connectivity index (χ4v) is 1.88. The van der Waals surface area contributed by atoms with Gasteiger partial charge in [-0.25, -0.2) is 4.79 Å². The lowest BCUT2D eigenvalue weighted by atomic mass is 9.89. The van der Waals surface area contributed by atoms with Crippen LogP contribution < -0.4 is 16.2 Å². The third-order valence-electron chi connectivity index (χ3n) is 3.75. The topological polar surface area (TPSA) is 111 Å². The molecule has 0 aliphatic carbocycles. The number of nitrogens with two attached hydrogens (primary N) is 2. The molecule has 138 valence electrons. The van der Waals surface area contributed by atoms with Crippen LogP contribution in [0.4, 0.5) is 5.69 Å². The molecule has 2 aromatic carbocycles. The fraction of sp³-hybridized carbons (Fsp3) is 0.300. The molecule has 0 fully saturated rings. The Morgan fingerprint density at radius 3 is 2.15 bits per heavy atom. The summed E-state index contributed by atoms with van der Waals surface area (Å²) in [5.41, 5.74) is 11.4. The van der Waals surface area contributed by atoms with E-state index in [1.54, 1.807) is 19.9 Å². The molecular weight excluding hydrogens is 330 g/mol. The van der Waals surface area contributed by atoms with Crippen molar-refractivity contribution in [2.45, 2.75) is 26.0 Å². The van der Waals surface area contributed by atoms with Gasteiger partial charge in [0.2, 0.25) is 5.54 Å². The van der Waals surface area contributed by atoms with Crippen molar-refractivity contribution in [3.63, 3.8) is 0 Å². The first-order chi connectivity index (χ1) is 12.3. The standard InChI is InChI=1S/C13H13NO.C7H12N2O2/c14-12-6-8-13(9-7-12)15-10-11-4-2-1-3-5-11;1-5(2)7(9,4-8)6(10)11-3/h1-9H,10,14H2;5H,9H2,1-3H3. The van der Waals surface area contributed by atoms with Gasteiger partial charge < -0.3 is 20.9 Å². The predicted molar refractivity (Wildman–Crippen MR) is 101 cm³/mol. The number of nitrogen functional groups attached to an aromatic ring is 1. The summed E-state index contributed by atoms with van der Waals surface area (Å²) in [5, 5.41) is 8.58. The van der Waals surface area contributed by atoms with E-state index in [1.807, 2.05) is 54.6 Å². The average Bonchev–Trinajstić information content (AvgIpc) is 2.67. The molecule has 0 radical (unpaired) electrons. The van der Waals surface area contributed by atoms with Crippen LogP contribution in [0.25, 0.3) is 0 Å².